The van der Waals surface area contributed by atoms with Gasteiger partial charge in [0.25, 0.3) is 0 Å². The third kappa shape index (κ3) is 3.57. The molecule has 0 aliphatic heterocycles. The highest BCUT2D eigenvalue weighted by Crippen LogP contribution is 2.23. The normalized spacial score (nSPS) is 12.3. The molecule has 0 heterocycles. The maximum Gasteiger partial charge on any atom is 0.160 e. The van der Waals surface area contributed by atoms with Crippen LogP contribution in [-0.2, 0) is 0 Å². The van der Waals surface area contributed by atoms with Gasteiger partial charge in [-0.2, -0.15) is 0 Å². The first-order valence-electron chi connectivity index (χ1n) is 6.75. The van der Waals surface area contributed by atoms with Crippen molar-refractivity contribution in [2.24, 2.45) is 0 Å². The number of aliphatic hydroxyl groups excluding tert-OH is 1. The molecule has 0 aliphatic rings. The van der Waals surface area contributed by atoms with Crippen LogP contribution in [0.5, 0.6) is 0 Å². The molecule has 118 valence electrons. The number of aliphatic hydroxyl groups is 1. The lowest BCUT2D eigenvalue weighted by Gasteiger charge is -2.26. The summed E-state index contributed by atoms with van der Waals surface area (Å²) in [6.45, 7) is 2.12. The van der Waals surface area contributed by atoms with Gasteiger partial charge in [-0.25, -0.2) is 17.6 Å². The maximum absolute atomic E-state index is 13.6. The highest BCUT2D eigenvalue weighted by atomic mass is 19.2. The van der Waals surface area contributed by atoms with E-state index in [1.165, 1.54) is 6.07 Å². The number of nitrogens with zero attached hydrogens (tertiary/aromatic N) is 1. The van der Waals surface area contributed by atoms with Crippen LogP contribution in [0.25, 0.3) is 0 Å². The van der Waals surface area contributed by atoms with Gasteiger partial charge in [-0.05, 0) is 25.1 Å². The Hall–Kier alpha value is -2.08. The third-order valence-electron chi connectivity index (χ3n) is 3.36. The topological polar surface area (TPSA) is 23.5 Å². The maximum atomic E-state index is 13.6. The summed E-state index contributed by atoms with van der Waals surface area (Å²) < 4.78 is 52.8. The summed E-state index contributed by atoms with van der Waals surface area (Å²) in [5, 5.41) is 10.1. The summed E-state index contributed by atoms with van der Waals surface area (Å²) >= 11 is 0. The fourth-order valence-electron chi connectivity index (χ4n) is 2.18. The zero-order valence-corrected chi connectivity index (χ0v) is 11.9. The average molecular weight is 313 g/mol. The van der Waals surface area contributed by atoms with Crippen LogP contribution in [0, 0.1) is 23.3 Å². The lowest BCUT2D eigenvalue weighted by Crippen LogP contribution is -2.28. The molecule has 1 unspecified atom stereocenters. The standard InChI is InChI=1S/C16H15F4NO/c1-2-21(11-4-6-13(18)15(20)8-11)9-16(22)12-5-3-10(17)7-14(12)19/h3-8,16,22H,2,9H2,1H3. The van der Waals surface area contributed by atoms with Gasteiger partial charge in [0.05, 0.1) is 6.10 Å². The van der Waals surface area contributed by atoms with Gasteiger partial charge in [-0.15, -0.1) is 0 Å². The van der Waals surface area contributed by atoms with Crippen molar-refractivity contribution in [1.82, 2.24) is 0 Å². The van der Waals surface area contributed by atoms with Gasteiger partial charge in [0.15, 0.2) is 11.6 Å². The zero-order chi connectivity index (χ0) is 16.3. The Kier molecular flexibility index (Phi) is 5.03. The Labute approximate surface area is 125 Å². The predicted molar refractivity (Wildman–Crippen MR) is 75.6 cm³/mol. The first-order chi connectivity index (χ1) is 10.4. The molecule has 0 aliphatic carbocycles. The van der Waals surface area contributed by atoms with Crippen molar-refractivity contribution in [3.8, 4) is 0 Å². The van der Waals surface area contributed by atoms with Crippen molar-refractivity contribution >= 4 is 5.69 Å². The van der Waals surface area contributed by atoms with Crippen molar-refractivity contribution in [2.75, 3.05) is 18.0 Å². The quantitative estimate of drug-likeness (QED) is 0.849. The second-order valence-electron chi connectivity index (χ2n) is 4.82. The number of anilines is 1. The Morgan fingerprint density at radius 2 is 1.68 bits per heavy atom. The van der Waals surface area contributed by atoms with E-state index in [9.17, 15) is 22.7 Å². The van der Waals surface area contributed by atoms with E-state index in [4.69, 9.17) is 0 Å². The average Bonchev–Trinajstić information content (AvgIpc) is 2.47. The van der Waals surface area contributed by atoms with Crippen molar-refractivity contribution in [1.29, 1.82) is 0 Å². The van der Waals surface area contributed by atoms with Gasteiger partial charge in [-0.1, -0.05) is 6.07 Å². The molecule has 0 radical (unpaired) electrons. The van der Waals surface area contributed by atoms with Crippen molar-refractivity contribution < 1.29 is 22.7 Å². The molecule has 0 amide bonds. The van der Waals surface area contributed by atoms with E-state index in [0.717, 1.165) is 24.3 Å². The minimum Gasteiger partial charge on any atom is -0.386 e. The van der Waals surface area contributed by atoms with Crippen molar-refractivity contribution in [3.05, 3.63) is 65.2 Å². The molecule has 0 fully saturated rings. The predicted octanol–water partition coefficient (Wildman–Crippen LogP) is 3.80. The SMILES string of the molecule is CCN(CC(O)c1ccc(F)cc1F)c1ccc(F)c(F)c1. The van der Waals surface area contributed by atoms with Gasteiger partial charge in [0, 0.05) is 36.5 Å². The minimum absolute atomic E-state index is 0.0376. The molecule has 0 saturated heterocycles. The summed E-state index contributed by atoms with van der Waals surface area (Å²) in [4.78, 5) is 1.57. The number of benzene rings is 2. The summed E-state index contributed by atoms with van der Waals surface area (Å²) in [6, 6.07) is 6.26. The molecule has 2 aromatic rings. The van der Waals surface area contributed by atoms with Crippen LogP contribution in [0.4, 0.5) is 23.2 Å². The van der Waals surface area contributed by atoms with Crippen LogP contribution in [0.2, 0.25) is 0 Å². The van der Waals surface area contributed by atoms with Crippen LogP contribution in [0.3, 0.4) is 0 Å². The molecule has 2 aromatic carbocycles. The van der Waals surface area contributed by atoms with E-state index in [1.54, 1.807) is 11.8 Å². The molecule has 2 nitrogen and oxygen atoms in total. The number of halogens is 4. The largest absolute Gasteiger partial charge is 0.386 e. The monoisotopic (exact) mass is 313 g/mol. The Morgan fingerprint density at radius 3 is 2.27 bits per heavy atom. The van der Waals surface area contributed by atoms with Crippen LogP contribution in [-0.4, -0.2) is 18.2 Å². The third-order valence-corrected chi connectivity index (χ3v) is 3.36. The lowest BCUT2D eigenvalue weighted by molar-refractivity contribution is 0.178. The smallest absolute Gasteiger partial charge is 0.160 e. The summed E-state index contributed by atoms with van der Waals surface area (Å²) in [5.74, 6) is -3.56. The molecular weight excluding hydrogens is 298 g/mol. The molecule has 1 atom stereocenters. The Morgan fingerprint density at radius 1 is 0.955 bits per heavy atom. The van der Waals surface area contributed by atoms with Crippen LogP contribution in [0.15, 0.2) is 36.4 Å². The molecule has 0 aromatic heterocycles. The van der Waals surface area contributed by atoms with Gasteiger partial charge in [0.1, 0.15) is 11.6 Å². The number of hydrogen-bond acceptors (Lipinski definition) is 2. The van der Waals surface area contributed by atoms with Gasteiger partial charge in [0.2, 0.25) is 0 Å². The second-order valence-corrected chi connectivity index (χ2v) is 4.82. The fraction of sp³-hybridized carbons (Fsp3) is 0.250. The van der Waals surface area contributed by atoms with Gasteiger partial charge in [-0.3, -0.25) is 0 Å². The van der Waals surface area contributed by atoms with Crippen molar-refractivity contribution in [2.45, 2.75) is 13.0 Å². The van der Waals surface area contributed by atoms with E-state index in [-0.39, 0.29) is 12.1 Å². The number of likely N-dealkylation sites (N-methyl/N-ethyl adjacent to an activating group) is 1. The summed E-state index contributed by atoms with van der Waals surface area (Å²) in [7, 11) is 0. The second kappa shape index (κ2) is 6.79. The summed E-state index contributed by atoms with van der Waals surface area (Å²) in [5.41, 5.74) is 0.311. The van der Waals surface area contributed by atoms with Crippen LogP contribution in [0.1, 0.15) is 18.6 Å². The Balaban J connectivity index is 2.20. The first kappa shape index (κ1) is 16.3. The fourth-order valence-corrected chi connectivity index (χ4v) is 2.18. The van der Waals surface area contributed by atoms with E-state index in [1.807, 2.05) is 0 Å². The van der Waals surface area contributed by atoms with E-state index in [2.05, 4.69) is 0 Å². The number of hydrogen-bond donors (Lipinski definition) is 1. The summed E-state index contributed by atoms with van der Waals surface area (Å²) in [6.07, 6.45) is -1.23. The Bertz CT molecular complexity index is 663. The van der Waals surface area contributed by atoms with Gasteiger partial charge < -0.3 is 10.0 Å². The van der Waals surface area contributed by atoms with E-state index >= 15 is 0 Å². The lowest BCUT2D eigenvalue weighted by atomic mass is 10.1. The molecular formula is C16H15F4NO. The van der Waals surface area contributed by atoms with Crippen LogP contribution < -0.4 is 4.90 Å². The molecule has 2 rings (SSSR count). The minimum atomic E-state index is -1.23. The highest BCUT2D eigenvalue weighted by Gasteiger charge is 2.18. The molecule has 1 N–H and O–H groups in total. The first-order valence-corrected chi connectivity index (χ1v) is 6.75. The highest BCUT2D eigenvalue weighted by molar-refractivity contribution is 5.47. The van der Waals surface area contributed by atoms with Crippen molar-refractivity contribution in [3.63, 3.8) is 0 Å². The van der Waals surface area contributed by atoms with Crippen LogP contribution >= 0.6 is 0 Å². The molecule has 22 heavy (non-hydrogen) atoms. The van der Waals surface area contributed by atoms with Gasteiger partial charge >= 0.3 is 0 Å². The molecule has 0 saturated carbocycles. The molecule has 6 heteroatoms. The molecule has 0 bridgehead atoms. The molecule has 0 spiro atoms. The zero-order valence-electron chi connectivity index (χ0n) is 11.9. The van der Waals surface area contributed by atoms with E-state index in [0.29, 0.717) is 18.3 Å². The van der Waals surface area contributed by atoms with E-state index < -0.39 is 29.4 Å². The number of rotatable bonds is 5.